The van der Waals surface area contributed by atoms with E-state index in [2.05, 4.69) is 65.6 Å². The average Bonchev–Trinajstić information content (AvgIpc) is 3.24. The number of hydrogen-bond donors (Lipinski definition) is 2. The van der Waals surface area contributed by atoms with E-state index < -0.39 is 6.04 Å². The minimum atomic E-state index is -0.580. The van der Waals surface area contributed by atoms with Crippen molar-refractivity contribution in [1.82, 2.24) is 15.1 Å². The van der Waals surface area contributed by atoms with Gasteiger partial charge in [-0.15, -0.1) is 0 Å². The molecule has 9 heteroatoms. The van der Waals surface area contributed by atoms with Crippen molar-refractivity contribution in [2.75, 3.05) is 19.0 Å². The topological polar surface area (TPSA) is 110 Å². The number of carbonyl (C=O) groups is 4. The Morgan fingerprint density at radius 1 is 1.00 bits per heavy atom. The number of benzene rings is 2. The molecule has 0 radical (unpaired) electrons. The molecular formula is C29H36N4O5. The van der Waals surface area contributed by atoms with Gasteiger partial charge in [-0.25, -0.2) is 0 Å². The van der Waals surface area contributed by atoms with E-state index in [-0.39, 0.29) is 30.6 Å². The fourth-order valence-electron chi connectivity index (χ4n) is 6.02. The first-order valence-corrected chi connectivity index (χ1v) is 13.2. The molecule has 1 aliphatic carbocycles. The Bertz CT molecular complexity index is 1170. The van der Waals surface area contributed by atoms with E-state index in [1.807, 2.05) is 12.1 Å². The van der Waals surface area contributed by atoms with Gasteiger partial charge in [-0.3, -0.25) is 29.4 Å². The Morgan fingerprint density at radius 3 is 2.37 bits per heavy atom. The van der Waals surface area contributed by atoms with Crippen molar-refractivity contribution in [3.05, 3.63) is 65.2 Å². The van der Waals surface area contributed by atoms with Gasteiger partial charge in [0.1, 0.15) is 6.04 Å². The molecule has 2 N–H and O–H groups in total. The van der Waals surface area contributed by atoms with Crippen molar-refractivity contribution in [3.8, 4) is 0 Å². The van der Waals surface area contributed by atoms with Crippen LogP contribution in [0.25, 0.3) is 0 Å². The molecule has 9 nitrogen and oxygen atoms in total. The number of hydrogen-bond acceptors (Lipinski definition) is 6. The largest absolute Gasteiger partial charge is 0.483 e. The van der Waals surface area contributed by atoms with Crippen molar-refractivity contribution >= 4 is 29.9 Å². The van der Waals surface area contributed by atoms with Gasteiger partial charge >= 0.3 is 0 Å². The summed E-state index contributed by atoms with van der Waals surface area (Å²) in [6, 6.07) is 16.9. The second-order valence-electron chi connectivity index (χ2n) is 10.3. The van der Waals surface area contributed by atoms with Crippen molar-refractivity contribution in [1.29, 1.82) is 0 Å². The first kappa shape index (κ1) is 27.3. The van der Waals surface area contributed by atoms with Crippen molar-refractivity contribution < 1.29 is 24.3 Å². The lowest BCUT2D eigenvalue weighted by Gasteiger charge is -2.43. The number of carbonyl (C=O) groups excluding carboxylic acids is 3. The number of fused-ring (bicyclic) bond motifs is 1. The molecule has 2 aliphatic heterocycles. The Kier molecular flexibility index (Phi) is 8.78. The van der Waals surface area contributed by atoms with Crippen LogP contribution in [0.3, 0.4) is 0 Å². The number of anilines is 1. The van der Waals surface area contributed by atoms with Crippen LogP contribution in [0.5, 0.6) is 0 Å². The lowest BCUT2D eigenvalue weighted by Crippen LogP contribution is -2.52. The molecule has 38 heavy (non-hydrogen) atoms. The van der Waals surface area contributed by atoms with E-state index in [9.17, 15) is 14.4 Å². The third-order valence-electron chi connectivity index (χ3n) is 7.95. The number of piperidine rings is 1. The van der Waals surface area contributed by atoms with Gasteiger partial charge in [-0.1, -0.05) is 43.2 Å². The minimum absolute atomic E-state index is 0.123. The third-order valence-corrected chi connectivity index (χ3v) is 7.95. The predicted octanol–water partition coefficient (Wildman–Crippen LogP) is 3.03. The summed E-state index contributed by atoms with van der Waals surface area (Å²) in [7, 11) is 4.39. The van der Waals surface area contributed by atoms with Crippen LogP contribution in [0.15, 0.2) is 48.5 Å². The highest BCUT2D eigenvalue weighted by Gasteiger charge is 2.39. The third kappa shape index (κ3) is 5.88. The number of carboxylic acid groups (broad SMARTS) is 1. The van der Waals surface area contributed by atoms with Gasteiger partial charge < -0.3 is 14.9 Å². The van der Waals surface area contributed by atoms with E-state index in [1.54, 1.807) is 4.90 Å². The molecule has 1 unspecified atom stereocenters. The molecular weight excluding hydrogens is 484 g/mol. The van der Waals surface area contributed by atoms with Gasteiger partial charge in [0.25, 0.3) is 12.4 Å². The van der Waals surface area contributed by atoms with Crippen LogP contribution < -0.4 is 10.2 Å². The SMILES string of the molecule is CN(Cc1ccccc1)[C@H]1CCCC[C@@H]1N(C)c1ccc2c(c1)CN(C1CCC(=O)NC1=O)C2=O.O=CO. The van der Waals surface area contributed by atoms with Crippen LogP contribution in [0, 0.1) is 0 Å². The zero-order chi connectivity index (χ0) is 27.2. The first-order chi connectivity index (χ1) is 18.3. The average molecular weight is 521 g/mol. The molecule has 0 aromatic heterocycles. The van der Waals surface area contributed by atoms with Crippen LogP contribution in [0.2, 0.25) is 0 Å². The van der Waals surface area contributed by atoms with Gasteiger partial charge in [0, 0.05) is 49.9 Å². The van der Waals surface area contributed by atoms with Gasteiger partial charge in [0.05, 0.1) is 0 Å². The Hall–Kier alpha value is -3.72. The standard InChI is InChI=1S/C28H34N4O3.CH2O2/c1-30(17-19-8-4-3-5-9-19)23-10-6-7-11-24(23)31(2)21-12-13-22-20(16-21)18-32(28(22)35)25-14-15-26(33)29-27(25)34;2-1-3/h3-5,8-9,12-13,16,23-25H,6-7,10-11,14-15,17-18H2,1-2H3,(H,29,33,34);1H,(H,2,3)/t23-,24-,25?;/m0./s1. The number of likely N-dealkylation sites (N-methyl/N-ethyl adjacent to an activating group) is 2. The molecule has 1 saturated heterocycles. The van der Waals surface area contributed by atoms with Gasteiger partial charge in [-0.2, -0.15) is 0 Å². The number of imide groups is 1. The van der Waals surface area contributed by atoms with E-state index in [0.29, 0.717) is 30.6 Å². The van der Waals surface area contributed by atoms with E-state index in [1.165, 1.54) is 24.8 Å². The Labute approximate surface area is 223 Å². The monoisotopic (exact) mass is 520 g/mol. The Morgan fingerprint density at radius 2 is 1.68 bits per heavy atom. The van der Waals surface area contributed by atoms with Crippen LogP contribution in [-0.4, -0.2) is 71.3 Å². The number of rotatable bonds is 6. The van der Waals surface area contributed by atoms with Gasteiger partial charge in [-0.05, 0) is 55.6 Å². The van der Waals surface area contributed by atoms with Crippen LogP contribution in [0.4, 0.5) is 5.69 Å². The van der Waals surface area contributed by atoms with Crippen LogP contribution >= 0.6 is 0 Å². The summed E-state index contributed by atoms with van der Waals surface area (Å²) in [6.07, 6.45) is 5.42. The maximum atomic E-state index is 13.1. The quantitative estimate of drug-likeness (QED) is 0.445. The summed E-state index contributed by atoms with van der Waals surface area (Å²) >= 11 is 0. The maximum absolute atomic E-state index is 13.1. The zero-order valence-corrected chi connectivity index (χ0v) is 22.0. The number of amides is 3. The summed E-state index contributed by atoms with van der Waals surface area (Å²) < 4.78 is 0. The maximum Gasteiger partial charge on any atom is 0.290 e. The van der Waals surface area contributed by atoms with E-state index >= 15 is 0 Å². The lowest BCUT2D eigenvalue weighted by atomic mass is 9.87. The highest BCUT2D eigenvalue weighted by Crippen LogP contribution is 2.34. The molecule has 1 saturated carbocycles. The minimum Gasteiger partial charge on any atom is -0.483 e. The number of nitrogens with one attached hydrogen (secondary N) is 1. The molecule has 2 fully saturated rings. The molecule has 202 valence electrons. The molecule has 2 aromatic carbocycles. The van der Waals surface area contributed by atoms with E-state index in [0.717, 1.165) is 24.2 Å². The predicted molar refractivity (Wildman–Crippen MR) is 144 cm³/mol. The fraction of sp³-hybridized carbons (Fsp3) is 0.448. The molecule has 5 rings (SSSR count). The molecule has 0 bridgehead atoms. The molecule has 2 heterocycles. The molecule has 3 aliphatic rings. The zero-order valence-electron chi connectivity index (χ0n) is 22.0. The molecule has 0 spiro atoms. The van der Waals surface area contributed by atoms with Gasteiger partial charge in [0.15, 0.2) is 0 Å². The van der Waals surface area contributed by atoms with E-state index in [4.69, 9.17) is 9.90 Å². The summed E-state index contributed by atoms with van der Waals surface area (Å²) in [5.74, 6) is -0.758. The second-order valence-corrected chi connectivity index (χ2v) is 10.3. The smallest absolute Gasteiger partial charge is 0.290 e. The van der Waals surface area contributed by atoms with Crippen molar-refractivity contribution in [2.24, 2.45) is 0 Å². The summed E-state index contributed by atoms with van der Waals surface area (Å²) in [4.78, 5) is 51.8. The lowest BCUT2D eigenvalue weighted by molar-refractivity contribution is -0.137. The first-order valence-electron chi connectivity index (χ1n) is 13.2. The van der Waals surface area contributed by atoms with Crippen LogP contribution in [0.1, 0.15) is 60.0 Å². The summed E-state index contributed by atoms with van der Waals surface area (Å²) in [5, 5.41) is 9.26. The number of nitrogens with zero attached hydrogens (tertiary/aromatic N) is 3. The summed E-state index contributed by atoms with van der Waals surface area (Å²) in [6.45, 7) is 1.08. The molecule has 3 atom stereocenters. The van der Waals surface area contributed by atoms with Crippen molar-refractivity contribution in [3.63, 3.8) is 0 Å². The normalized spacial score (nSPS) is 22.9. The molecule has 3 amide bonds. The fourth-order valence-corrected chi connectivity index (χ4v) is 6.02. The summed E-state index contributed by atoms with van der Waals surface area (Å²) in [5.41, 5.74) is 4.04. The molecule has 2 aromatic rings. The van der Waals surface area contributed by atoms with Crippen LogP contribution in [-0.2, 0) is 27.5 Å². The van der Waals surface area contributed by atoms with Crippen molar-refractivity contribution in [2.45, 2.75) is 69.7 Å². The Balaban J connectivity index is 0.00000107. The highest BCUT2D eigenvalue weighted by molar-refractivity contribution is 6.05. The van der Waals surface area contributed by atoms with Gasteiger partial charge in [0.2, 0.25) is 11.8 Å². The second kappa shape index (κ2) is 12.2. The highest BCUT2D eigenvalue weighted by atomic mass is 16.3.